The maximum Gasteiger partial charge on any atom is 0.241 e. The van der Waals surface area contributed by atoms with Crippen molar-refractivity contribution in [2.24, 2.45) is 5.14 Å². The molecular formula is C20H25N3O3S2. The van der Waals surface area contributed by atoms with Gasteiger partial charge < -0.3 is 4.90 Å². The van der Waals surface area contributed by atoms with E-state index in [2.05, 4.69) is 24.0 Å². The largest absolute Gasteiger partial charge is 0.308 e. The average molecular weight is 420 g/mol. The van der Waals surface area contributed by atoms with Crippen molar-refractivity contribution in [1.29, 1.82) is 0 Å². The van der Waals surface area contributed by atoms with Crippen LogP contribution in [0.5, 0.6) is 0 Å². The van der Waals surface area contributed by atoms with Crippen LogP contribution in [-0.2, 0) is 21.2 Å². The molecule has 3 heterocycles. The number of fused-ring (bicyclic) bond motifs is 1. The van der Waals surface area contributed by atoms with Gasteiger partial charge in [0.2, 0.25) is 15.9 Å². The predicted octanol–water partition coefficient (Wildman–Crippen LogP) is 2.82. The zero-order chi connectivity index (χ0) is 20.1. The molecule has 4 rings (SSSR count). The number of rotatable bonds is 4. The van der Waals surface area contributed by atoms with Crippen molar-refractivity contribution < 1.29 is 13.2 Å². The van der Waals surface area contributed by atoms with Gasteiger partial charge in [-0.15, -0.1) is 11.3 Å². The molecule has 28 heavy (non-hydrogen) atoms. The molecule has 2 unspecified atom stereocenters. The molecule has 1 aromatic heterocycles. The van der Waals surface area contributed by atoms with Crippen LogP contribution in [0.25, 0.3) is 0 Å². The van der Waals surface area contributed by atoms with Crippen LogP contribution < -0.4 is 10.0 Å². The van der Waals surface area contributed by atoms with E-state index in [0.29, 0.717) is 19.0 Å². The highest BCUT2D eigenvalue weighted by molar-refractivity contribution is 7.89. The van der Waals surface area contributed by atoms with Crippen molar-refractivity contribution in [3.8, 4) is 0 Å². The van der Waals surface area contributed by atoms with Gasteiger partial charge in [-0.25, -0.2) is 13.6 Å². The molecule has 2 aromatic rings. The zero-order valence-electron chi connectivity index (χ0n) is 16.1. The summed E-state index contributed by atoms with van der Waals surface area (Å²) in [7, 11) is -3.74. The fourth-order valence-electron chi connectivity index (χ4n) is 4.38. The quantitative estimate of drug-likeness (QED) is 0.826. The molecule has 0 radical (unpaired) electrons. The van der Waals surface area contributed by atoms with Crippen LogP contribution in [0, 0.1) is 6.92 Å². The van der Waals surface area contributed by atoms with Gasteiger partial charge in [0.05, 0.1) is 11.4 Å². The molecule has 0 spiro atoms. The Morgan fingerprint density at radius 1 is 1.29 bits per heavy atom. The Labute approximate surface area is 170 Å². The van der Waals surface area contributed by atoms with Gasteiger partial charge in [0.15, 0.2) is 0 Å². The van der Waals surface area contributed by atoms with Crippen LogP contribution in [0.2, 0.25) is 0 Å². The third-order valence-electron chi connectivity index (χ3n) is 5.66. The summed E-state index contributed by atoms with van der Waals surface area (Å²) in [5.74, 6) is 0.0646. The molecule has 2 N–H and O–H groups in total. The van der Waals surface area contributed by atoms with Crippen LogP contribution in [0.1, 0.15) is 41.1 Å². The third-order valence-corrected chi connectivity index (χ3v) is 7.67. The van der Waals surface area contributed by atoms with Crippen LogP contribution in [0.4, 0.5) is 5.69 Å². The summed E-state index contributed by atoms with van der Waals surface area (Å²) < 4.78 is 23.2. The number of thiophene rings is 1. The number of anilines is 1. The van der Waals surface area contributed by atoms with E-state index in [-0.39, 0.29) is 16.8 Å². The Bertz CT molecular complexity index is 1020. The maximum absolute atomic E-state index is 13.2. The topological polar surface area (TPSA) is 83.7 Å². The van der Waals surface area contributed by atoms with E-state index in [1.54, 1.807) is 23.5 Å². The fraction of sp³-hybridized carbons (Fsp3) is 0.450. The molecule has 1 amide bonds. The number of primary sulfonamides is 1. The first-order valence-corrected chi connectivity index (χ1v) is 11.9. The molecule has 0 bridgehead atoms. The summed E-state index contributed by atoms with van der Waals surface area (Å²) in [5.41, 5.74) is 1.66. The van der Waals surface area contributed by atoms with Crippen molar-refractivity contribution in [2.75, 3.05) is 18.0 Å². The number of amides is 1. The van der Waals surface area contributed by atoms with Gasteiger partial charge >= 0.3 is 0 Å². The van der Waals surface area contributed by atoms with Gasteiger partial charge in [0.1, 0.15) is 0 Å². The molecule has 8 heteroatoms. The van der Waals surface area contributed by atoms with Crippen molar-refractivity contribution >= 4 is 33.0 Å². The number of aryl methyl sites for hydroxylation is 1. The minimum absolute atomic E-state index is 0.00302. The van der Waals surface area contributed by atoms with Gasteiger partial charge in [0.25, 0.3) is 0 Å². The molecule has 2 aliphatic heterocycles. The van der Waals surface area contributed by atoms with Gasteiger partial charge in [-0.1, -0.05) is 0 Å². The molecule has 150 valence electrons. The molecule has 0 saturated carbocycles. The number of sulfonamides is 1. The highest BCUT2D eigenvalue weighted by atomic mass is 32.2. The Hall–Kier alpha value is -1.74. The summed E-state index contributed by atoms with van der Waals surface area (Å²) in [5, 5.41) is 5.25. The van der Waals surface area contributed by atoms with Crippen LogP contribution in [-0.4, -0.2) is 38.4 Å². The lowest BCUT2D eigenvalue weighted by Gasteiger charge is -2.28. The second-order valence-electron chi connectivity index (χ2n) is 7.73. The number of hydrogen-bond donors (Lipinski definition) is 1. The lowest BCUT2D eigenvalue weighted by molar-refractivity contribution is -0.120. The Kier molecular flexibility index (Phi) is 5.07. The highest BCUT2D eigenvalue weighted by Gasteiger charge is 2.35. The van der Waals surface area contributed by atoms with Gasteiger partial charge in [-0.05, 0) is 75.5 Å². The van der Waals surface area contributed by atoms with E-state index in [0.717, 1.165) is 30.6 Å². The SMILES string of the molecule is Cc1ccc(C2CCCN2CC(=O)N2c3ccc(S(N)(=O)=O)cc3CC2C)s1. The molecule has 6 nitrogen and oxygen atoms in total. The molecule has 2 atom stereocenters. The zero-order valence-corrected chi connectivity index (χ0v) is 17.7. The van der Waals surface area contributed by atoms with E-state index in [9.17, 15) is 13.2 Å². The highest BCUT2D eigenvalue weighted by Crippen LogP contribution is 2.37. The second kappa shape index (κ2) is 7.26. The monoisotopic (exact) mass is 419 g/mol. The number of hydrogen-bond acceptors (Lipinski definition) is 5. The van der Waals surface area contributed by atoms with E-state index >= 15 is 0 Å². The van der Waals surface area contributed by atoms with Crippen LogP contribution in [0.15, 0.2) is 35.2 Å². The maximum atomic E-state index is 13.2. The average Bonchev–Trinajstić information content (AvgIpc) is 3.30. The molecular weight excluding hydrogens is 394 g/mol. The fourth-order valence-corrected chi connectivity index (χ4v) is 6.00. The van der Waals surface area contributed by atoms with Crippen LogP contribution >= 0.6 is 11.3 Å². The number of benzene rings is 1. The number of nitrogens with zero attached hydrogens (tertiary/aromatic N) is 2. The Balaban J connectivity index is 1.54. The number of carbonyl (C=O) groups excluding carboxylic acids is 1. The molecule has 1 fully saturated rings. The number of likely N-dealkylation sites (tertiary alicyclic amines) is 1. The van der Waals surface area contributed by atoms with Crippen molar-refractivity contribution in [2.45, 2.75) is 50.1 Å². The van der Waals surface area contributed by atoms with E-state index < -0.39 is 10.0 Å². The second-order valence-corrected chi connectivity index (χ2v) is 10.6. The summed E-state index contributed by atoms with van der Waals surface area (Å²) >= 11 is 1.81. The lowest BCUT2D eigenvalue weighted by atomic mass is 10.1. The molecule has 1 saturated heterocycles. The number of carbonyl (C=O) groups is 1. The third kappa shape index (κ3) is 3.61. The van der Waals surface area contributed by atoms with E-state index in [4.69, 9.17) is 5.14 Å². The van der Waals surface area contributed by atoms with Gasteiger partial charge in [0, 0.05) is 27.5 Å². The van der Waals surface area contributed by atoms with Gasteiger partial charge in [-0.2, -0.15) is 0 Å². The molecule has 1 aromatic carbocycles. The lowest BCUT2D eigenvalue weighted by Crippen LogP contribution is -2.42. The van der Waals surface area contributed by atoms with Crippen molar-refractivity contribution in [3.05, 3.63) is 45.6 Å². The van der Waals surface area contributed by atoms with Crippen LogP contribution in [0.3, 0.4) is 0 Å². The number of nitrogens with two attached hydrogens (primary N) is 1. The van der Waals surface area contributed by atoms with Gasteiger partial charge in [-0.3, -0.25) is 9.69 Å². The predicted molar refractivity (Wildman–Crippen MR) is 111 cm³/mol. The van der Waals surface area contributed by atoms with E-state index in [1.165, 1.54) is 15.8 Å². The summed E-state index contributed by atoms with van der Waals surface area (Å²) in [6.07, 6.45) is 2.81. The first kappa shape index (κ1) is 19.6. The minimum atomic E-state index is -3.74. The first-order chi connectivity index (χ1) is 13.2. The smallest absolute Gasteiger partial charge is 0.241 e. The van der Waals surface area contributed by atoms with Crippen molar-refractivity contribution in [1.82, 2.24) is 4.90 Å². The van der Waals surface area contributed by atoms with Crippen molar-refractivity contribution in [3.63, 3.8) is 0 Å². The normalized spacial score (nSPS) is 22.6. The summed E-state index contributed by atoms with van der Waals surface area (Å²) in [6, 6.07) is 9.42. The standard InChI is InChI=1S/C20H25N3O3S2/c1-13-10-15-11-16(28(21,25)26)6-7-17(15)23(13)20(24)12-22-9-3-4-18(22)19-8-5-14(2)27-19/h5-8,11,13,18H,3-4,9-10,12H2,1-2H3,(H2,21,25,26). The molecule has 0 aliphatic carbocycles. The molecule has 2 aliphatic rings. The Morgan fingerprint density at radius 2 is 2.07 bits per heavy atom. The first-order valence-electron chi connectivity index (χ1n) is 9.52. The Morgan fingerprint density at radius 3 is 2.75 bits per heavy atom. The van der Waals surface area contributed by atoms with E-state index in [1.807, 2.05) is 11.8 Å². The minimum Gasteiger partial charge on any atom is -0.308 e. The summed E-state index contributed by atoms with van der Waals surface area (Å²) in [6.45, 7) is 5.41. The summed E-state index contributed by atoms with van der Waals surface area (Å²) in [4.78, 5) is 20.0.